The molecule has 0 aliphatic heterocycles. The summed E-state index contributed by atoms with van der Waals surface area (Å²) < 4.78 is 0.993. The lowest BCUT2D eigenvalue weighted by molar-refractivity contribution is -0.114. The Hall–Kier alpha value is -0.0900. The number of primary amides is 1. The zero-order chi connectivity index (χ0) is 8.15. The third-order valence-corrected chi connectivity index (χ3v) is 3.40. The smallest absolute Gasteiger partial charge is 0.245 e. The number of amides is 1. The minimum Gasteiger partial charge on any atom is -0.366 e. The molecule has 0 saturated carbocycles. The molecule has 0 unspecified atom stereocenters. The quantitative estimate of drug-likeness (QED) is 0.663. The van der Waals surface area contributed by atoms with Gasteiger partial charge in [0.1, 0.15) is 0 Å². The molecule has 0 aliphatic rings. The molecule has 0 spiro atoms. The number of hydrogen-bond donors (Lipinski definition) is 1. The molecule has 4 heteroatoms. The third kappa shape index (κ3) is 2.66. The van der Waals surface area contributed by atoms with E-state index in [0.717, 1.165) is 4.24 Å². The number of thioether (sulfide) groups is 2. The van der Waals surface area contributed by atoms with Gasteiger partial charge in [-0.25, -0.2) is 0 Å². The van der Waals surface area contributed by atoms with Crippen LogP contribution in [0.4, 0.5) is 0 Å². The van der Waals surface area contributed by atoms with Crippen LogP contribution in [0.15, 0.2) is 9.81 Å². The summed E-state index contributed by atoms with van der Waals surface area (Å²) in [5.41, 5.74) is 5.72. The van der Waals surface area contributed by atoms with Crippen molar-refractivity contribution in [3.05, 3.63) is 9.81 Å². The van der Waals surface area contributed by atoms with E-state index in [-0.39, 0.29) is 5.91 Å². The van der Waals surface area contributed by atoms with Gasteiger partial charge in [0.2, 0.25) is 5.91 Å². The van der Waals surface area contributed by atoms with E-state index in [4.69, 9.17) is 5.73 Å². The first kappa shape index (κ1) is 9.91. The fraction of sp³-hybridized carbons (Fsp3) is 0.500. The number of hydrogen-bond acceptors (Lipinski definition) is 3. The molecule has 0 aromatic rings. The molecule has 0 aromatic heterocycles. The molecule has 1 amide bonds. The van der Waals surface area contributed by atoms with Crippen molar-refractivity contribution in [1.29, 1.82) is 0 Å². The molecule has 0 aliphatic carbocycles. The van der Waals surface area contributed by atoms with Gasteiger partial charge in [-0.05, 0) is 19.4 Å². The van der Waals surface area contributed by atoms with Crippen molar-refractivity contribution in [3.8, 4) is 0 Å². The second-order valence-corrected chi connectivity index (χ2v) is 3.58. The molecular weight excluding hydrogens is 166 g/mol. The molecule has 10 heavy (non-hydrogen) atoms. The predicted octanol–water partition coefficient (Wildman–Crippen LogP) is 1.43. The lowest BCUT2D eigenvalue weighted by Crippen LogP contribution is -2.12. The Morgan fingerprint density at radius 1 is 1.30 bits per heavy atom. The van der Waals surface area contributed by atoms with Crippen molar-refractivity contribution in [1.82, 2.24) is 0 Å². The molecule has 0 rings (SSSR count). The monoisotopic (exact) mass is 177 g/mol. The molecule has 0 saturated heterocycles. The third-order valence-electron chi connectivity index (χ3n) is 1.05. The van der Waals surface area contributed by atoms with Crippen LogP contribution in [0.2, 0.25) is 0 Å². The molecular formula is C6H11NOS2. The first-order chi connectivity index (χ1) is 4.63. The summed E-state index contributed by atoms with van der Waals surface area (Å²) in [6.45, 7) is 1.74. The zero-order valence-corrected chi connectivity index (χ0v) is 7.94. The Balaban J connectivity index is 4.43. The Morgan fingerprint density at radius 2 is 1.70 bits per heavy atom. The summed E-state index contributed by atoms with van der Waals surface area (Å²) in [5, 5.41) is 0. The van der Waals surface area contributed by atoms with Gasteiger partial charge in [-0.3, -0.25) is 4.79 Å². The second-order valence-electron chi connectivity index (χ2n) is 1.68. The molecule has 0 radical (unpaired) electrons. The number of carbonyl (C=O) groups is 1. The maximum atomic E-state index is 10.6. The van der Waals surface area contributed by atoms with Gasteiger partial charge in [-0.15, -0.1) is 23.5 Å². The number of carbonyl (C=O) groups excluding carboxylic acids is 1. The zero-order valence-electron chi connectivity index (χ0n) is 6.30. The van der Waals surface area contributed by atoms with Gasteiger partial charge in [-0.2, -0.15) is 0 Å². The minimum atomic E-state index is -0.335. The van der Waals surface area contributed by atoms with Gasteiger partial charge in [-0.1, -0.05) is 0 Å². The van der Waals surface area contributed by atoms with Gasteiger partial charge < -0.3 is 5.73 Å². The van der Waals surface area contributed by atoms with Crippen molar-refractivity contribution in [2.24, 2.45) is 5.73 Å². The average Bonchev–Trinajstić information content (AvgIpc) is 1.90. The van der Waals surface area contributed by atoms with E-state index in [9.17, 15) is 4.79 Å². The van der Waals surface area contributed by atoms with Crippen LogP contribution in [0.25, 0.3) is 0 Å². The Morgan fingerprint density at radius 3 is 1.80 bits per heavy atom. The molecule has 58 valence electrons. The van der Waals surface area contributed by atoms with Crippen molar-refractivity contribution < 1.29 is 4.79 Å². The van der Waals surface area contributed by atoms with Gasteiger partial charge in [0.15, 0.2) is 0 Å². The Labute approximate surface area is 69.6 Å². The van der Waals surface area contributed by atoms with Crippen LogP contribution in [0.1, 0.15) is 6.92 Å². The fourth-order valence-corrected chi connectivity index (χ4v) is 1.97. The first-order valence-corrected chi connectivity index (χ1v) is 5.17. The van der Waals surface area contributed by atoms with E-state index < -0.39 is 0 Å². The highest BCUT2D eigenvalue weighted by Crippen LogP contribution is 2.26. The summed E-state index contributed by atoms with van der Waals surface area (Å²) in [6.07, 6.45) is 3.86. The van der Waals surface area contributed by atoms with Crippen LogP contribution < -0.4 is 5.73 Å². The Bertz CT molecular complexity index is 159. The topological polar surface area (TPSA) is 43.1 Å². The minimum absolute atomic E-state index is 0.335. The summed E-state index contributed by atoms with van der Waals surface area (Å²) in [6, 6.07) is 0. The largest absolute Gasteiger partial charge is 0.366 e. The molecule has 0 aromatic carbocycles. The van der Waals surface area contributed by atoms with Crippen molar-refractivity contribution >= 4 is 29.4 Å². The maximum Gasteiger partial charge on any atom is 0.245 e. The van der Waals surface area contributed by atoms with Gasteiger partial charge >= 0.3 is 0 Å². The van der Waals surface area contributed by atoms with Crippen LogP contribution in [0.5, 0.6) is 0 Å². The van der Waals surface area contributed by atoms with Gasteiger partial charge in [0, 0.05) is 9.81 Å². The highest BCUT2D eigenvalue weighted by atomic mass is 32.2. The molecule has 2 N–H and O–H groups in total. The molecule has 2 nitrogen and oxygen atoms in total. The normalized spacial score (nSPS) is 9.10. The van der Waals surface area contributed by atoms with Gasteiger partial charge in [0.25, 0.3) is 0 Å². The molecule has 0 atom stereocenters. The van der Waals surface area contributed by atoms with E-state index in [1.807, 2.05) is 12.5 Å². The van der Waals surface area contributed by atoms with Crippen molar-refractivity contribution in [2.75, 3.05) is 12.5 Å². The Kier molecular flexibility index (Phi) is 4.64. The number of rotatable bonds is 3. The second kappa shape index (κ2) is 4.68. The van der Waals surface area contributed by atoms with E-state index >= 15 is 0 Å². The van der Waals surface area contributed by atoms with Crippen molar-refractivity contribution in [2.45, 2.75) is 6.92 Å². The summed E-state index contributed by atoms with van der Waals surface area (Å²) >= 11 is 3.10. The molecule has 0 bridgehead atoms. The van der Waals surface area contributed by atoms with E-state index in [1.54, 1.807) is 30.4 Å². The standard InChI is InChI=1S/C6H11NOS2/c1-4(5(7)8)6(9-2)10-3/h1-3H3,(H2,7,8). The SMILES string of the molecule is CSC(SC)=C(C)C(N)=O. The fourth-order valence-electron chi connectivity index (χ4n) is 0.490. The first-order valence-electron chi connectivity index (χ1n) is 2.72. The predicted molar refractivity (Wildman–Crippen MR) is 48.9 cm³/mol. The van der Waals surface area contributed by atoms with Crippen LogP contribution in [0, 0.1) is 0 Å². The van der Waals surface area contributed by atoms with Gasteiger partial charge in [0.05, 0.1) is 0 Å². The lowest BCUT2D eigenvalue weighted by Gasteiger charge is -2.01. The molecule has 0 heterocycles. The number of nitrogens with two attached hydrogens (primary N) is 1. The summed E-state index contributed by atoms with van der Waals surface area (Å²) in [4.78, 5) is 10.6. The lowest BCUT2D eigenvalue weighted by atomic mass is 10.3. The van der Waals surface area contributed by atoms with Crippen LogP contribution >= 0.6 is 23.5 Å². The average molecular weight is 177 g/mol. The molecule has 0 fully saturated rings. The highest BCUT2D eigenvalue weighted by molar-refractivity contribution is 8.21. The van der Waals surface area contributed by atoms with Crippen molar-refractivity contribution in [3.63, 3.8) is 0 Å². The maximum absolute atomic E-state index is 10.6. The van der Waals surface area contributed by atoms with Crippen LogP contribution in [-0.2, 0) is 4.79 Å². The highest BCUT2D eigenvalue weighted by Gasteiger charge is 2.03. The summed E-state index contributed by atoms with van der Waals surface area (Å²) in [7, 11) is 0. The van der Waals surface area contributed by atoms with Crippen LogP contribution in [0.3, 0.4) is 0 Å². The van der Waals surface area contributed by atoms with E-state index in [2.05, 4.69) is 0 Å². The van der Waals surface area contributed by atoms with E-state index in [0.29, 0.717) is 5.57 Å². The van der Waals surface area contributed by atoms with E-state index in [1.165, 1.54) is 0 Å². The van der Waals surface area contributed by atoms with Crippen LogP contribution in [-0.4, -0.2) is 18.4 Å². The summed E-state index contributed by atoms with van der Waals surface area (Å²) in [5.74, 6) is -0.335.